The summed E-state index contributed by atoms with van der Waals surface area (Å²) in [5.41, 5.74) is 0.262. The zero-order valence-corrected chi connectivity index (χ0v) is 10.9. The number of carbonyl (C=O) groups is 1. The van der Waals surface area contributed by atoms with Gasteiger partial charge in [0, 0.05) is 18.2 Å². The zero-order valence-electron chi connectivity index (χ0n) is 8.54. The van der Waals surface area contributed by atoms with Crippen LogP contribution in [0.25, 0.3) is 0 Å². The van der Waals surface area contributed by atoms with Gasteiger partial charge in [0.25, 0.3) is 0 Å². The van der Waals surface area contributed by atoms with Crippen molar-refractivity contribution in [2.45, 2.75) is 6.42 Å². The Morgan fingerprint density at radius 1 is 1.31 bits per heavy atom. The van der Waals surface area contributed by atoms with Crippen LogP contribution in [0.3, 0.4) is 0 Å². The molecule has 0 bridgehead atoms. The molecule has 0 N–H and O–H groups in total. The highest BCUT2D eigenvalue weighted by atomic mass is 35.5. The summed E-state index contributed by atoms with van der Waals surface area (Å²) in [5.74, 6) is -0.507. The summed E-state index contributed by atoms with van der Waals surface area (Å²) in [7, 11) is -3.15. The molecule has 0 radical (unpaired) electrons. The normalized spacial score (nSPS) is 11.4. The second-order valence-electron chi connectivity index (χ2n) is 3.40. The number of rotatable bonds is 4. The van der Waals surface area contributed by atoms with E-state index in [-0.39, 0.29) is 33.6 Å². The van der Waals surface area contributed by atoms with E-state index in [9.17, 15) is 13.2 Å². The van der Waals surface area contributed by atoms with Crippen LogP contribution in [0.4, 0.5) is 0 Å². The first-order valence-electron chi connectivity index (χ1n) is 4.46. The molecular weight excluding hydrogens is 271 g/mol. The fourth-order valence-corrected chi connectivity index (χ4v) is 2.09. The molecule has 0 saturated carbocycles. The maximum atomic E-state index is 11.7. The predicted octanol–water partition coefficient (Wildman–Crippen LogP) is 2.61. The maximum Gasteiger partial charge on any atom is 0.165 e. The molecule has 0 amide bonds. The molecule has 0 aliphatic rings. The second kappa shape index (κ2) is 5.17. The van der Waals surface area contributed by atoms with Crippen molar-refractivity contribution in [3.63, 3.8) is 0 Å². The van der Waals surface area contributed by atoms with Crippen molar-refractivity contribution < 1.29 is 13.2 Å². The molecule has 1 aromatic carbocycles. The van der Waals surface area contributed by atoms with E-state index in [1.807, 2.05) is 0 Å². The molecule has 0 atom stereocenters. The van der Waals surface area contributed by atoms with Crippen LogP contribution in [0.15, 0.2) is 18.2 Å². The van der Waals surface area contributed by atoms with Gasteiger partial charge in [-0.2, -0.15) is 0 Å². The standard InChI is InChI=1S/C10H10Cl2O3S/c1-16(14,15)6-5-9(13)7-3-2-4-8(11)10(7)12/h2-4H,5-6H2,1H3. The van der Waals surface area contributed by atoms with Gasteiger partial charge in [0.1, 0.15) is 9.84 Å². The Hall–Kier alpha value is -0.580. The Morgan fingerprint density at radius 2 is 1.94 bits per heavy atom. The Morgan fingerprint density at radius 3 is 2.50 bits per heavy atom. The molecule has 6 heteroatoms. The largest absolute Gasteiger partial charge is 0.294 e. The first kappa shape index (κ1) is 13.5. The highest BCUT2D eigenvalue weighted by Gasteiger charge is 2.14. The van der Waals surface area contributed by atoms with E-state index >= 15 is 0 Å². The van der Waals surface area contributed by atoms with Gasteiger partial charge in [-0.1, -0.05) is 29.3 Å². The van der Waals surface area contributed by atoms with Gasteiger partial charge in [-0.05, 0) is 12.1 Å². The molecule has 3 nitrogen and oxygen atoms in total. The lowest BCUT2D eigenvalue weighted by Gasteiger charge is -2.04. The fraction of sp³-hybridized carbons (Fsp3) is 0.300. The van der Waals surface area contributed by atoms with E-state index in [1.165, 1.54) is 6.07 Å². The quantitative estimate of drug-likeness (QED) is 0.797. The van der Waals surface area contributed by atoms with Gasteiger partial charge < -0.3 is 0 Å². The highest BCUT2D eigenvalue weighted by Crippen LogP contribution is 2.26. The van der Waals surface area contributed by atoms with Crippen LogP contribution in [0.2, 0.25) is 10.0 Å². The third kappa shape index (κ3) is 3.77. The van der Waals surface area contributed by atoms with Crippen LogP contribution in [0.5, 0.6) is 0 Å². The summed E-state index contributed by atoms with van der Waals surface area (Å²) in [5, 5.41) is 0.453. The van der Waals surface area contributed by atoms with E-state index in [4.69, 9.17) is 23.2 Å². The smallest absolute Gasteiger partial charge is 0.165 e. The lowest BCUT2D eigenvalue weighted by atomic mass is 10.1. The fourth-order valence-electron chi connectivity index (χ4n) is 1.13. The van der Waals surface area contributed by atoms with E-state index in [1.54, 1.807) is 12.1 Å². The molecule has 16 heavy (non-hydrogen) atoms. The van der Waals surface area contributed by atoms with Crippen LogP contribution in [0, 0.1) is 0 Å². The molecule has 88 valence electrons. The van der Waals surface area contributed by atoms with Crippen LogP contribution in [-0.4, -0.2) is 26.2 Å². The first-order chi connectivity index (χ1) is 7.31. The third-order valence-corrected chi connectivity index (χ3v) is 3.72. The van der Waals surface area contributed by atoms with Crippen molar-refractivity contribution in [2.75, 3.05) is 12.0 Å². The molecule has 1 aromatic rings. The van der Waals surface area contributed by atoms with E-state index in [2.05, 4.69) is 0 Å². The lowest BCUT2D eigenvalue weighted by Crippen LogP contribution is -2.10. The molecule has 0 heterocycles. The topological polar surface area (TPSA) is 51.2 Å². The molecule has 0 spiro atoms. The summed E-state index contributed by atoms with van der Waals surface area (Å²) in [4.78, 5) is 11.7. The monoisotopic (exact) mass is 280 g/mol. The number of halogens is 2. The van der Waals surface area contributed by atoms with Gasteiger partial charge in [0.05, 0.1) is 15.8 Å². The van der Waals surface area contributed by atoms with Gasteiger partial charge in [0.2, 0.25) is 0 Å². The summed E-state index contributed by atoms with van der Waals surface area (Å²) in [6, 6.07) is 4.69. The lowest BCUT2D eigenvalue weighted by molar-refractivity contribution is 0.0989. The average Bonchev–Trinajstić information content (AvgIpc) is 2.17. The van der Waals surface area contributed by atoms with Crippen LogP contribution >= 0.6 is 23.2 Å². The third-order valence-electron chi connectivity index (χ3n) is 1.95. The van der Waals surface area contributed by atoms with Gasteiger partial charge in [-0.3, -0.25) is 4.79 Å². The minimum absolute atomic E-state index is 0.0844. The Labute approximate surface area is 104 Å². The van der Waals surface area contributed by atoms with Crippen molar-refractivity contribution in [1.29, 1.82) is 0 Å². The molecule has 1 rings (SSSR count). The molecule has 0 saturated heterocycles. The average molecular weight is 281 g/mol. The Kier molecular flexibility index (Phi) is 4.35. The molecule has 0 unspecified atom stereocenters. The number of benzene rings is 1. The SMILES string of the molecule is CS(=O)(=O)CCC(=O)c1cccc(Cl)c1Cl. The molecule has 0 aliphatic heterocycles. The maximum absolute atomic E-state index is 11.7. The minimum Gasteiger partial charge on any atom is -0.294 e. The van der Waals surface area contributed by atoms with Crippen LogP contribution in [-0.2, 0) is 9.84 Å². The summed E-state index contributed by atoms with van der Waals surface area (Å²) in [6.45, 7) is 0. The summed E-state index contributed by atoms with van der Waals surface area (Å²) >= 11 is 11.6. The predicted molar refractivity (Wildman–Crippen MR) is 65.1 cm³/mol. The van der Waals surface area contributed by atoms with Gasteiger partial charge in [-0.15, -0.1) is 0 Å². The van der Waals surface area contributed by atoms with Gasteiger partial charge in [0.15, 0.2) is 5.78 Å². The Balaban J connectivity index is 2.86. The molecule has 0 aliphatic carbocycles. The van der Waals surface area contributed by atoms with Crippen LogP contribution < -0.4 is 0 Å². The zero-order chi connectivity index (χ0) is 12.3. The number of sulfone groups is 1. The minimum atomic E-state index is -3.15. The number of ketones is 1. The van der Waals surface area contributed by atoms with Crippen molar-refractivity contribution in [3.8, 4) is 0 Å². The first-order valence-corrected chi connectivity index (χ1v) is 7.28. The van der Waals surface area contributed by atoms with E-state index in [0.29, 0.717) is 0 Å². The molecular formula is C10H10Cl2O3S. The summed E-state index contributed by atoms with van der Waals surface area (Å²) < 4.78 is 21.8. The van der Waals surface area contributed by atoms with Crippen molar-refractivity contribution in [3.05, 3.63) is 33.8 Å². The Bertz CT molecular complexity index is 509. The number of Topliss-reactive ketones (excluding diaryl/α,β-unsaturated/α-hetero) is 1. The molecule has 0 aromatic heterocycles. The second-order valence-corrected chi connectivity index (χ2v) is 6.45. The highest BCUT2D eigenvalue weighted by molar-refractivity contribution is 7.90. The van der Waals surface area contributed by atoms with Crippen molar-refractivity contribution in [1.82, 2.24) is 0 Å². The number of hydrogen-bond donors (Lipinski definition) is 0. The number of carbonyl (C=O) groups excluding carboxylic acids is 1. The van der Waals surface area contributed by atoms with E-state index in [0.717, 1.165) is 6.26 Å². The van der Waals surface area contributed by atoms with E-state index < -0.39 is 9.84 Å². The van der Waals surface area contributed by atoms with Gasteiger partial charge >= 0.3 is 0 Å². The summed E-state index contributed by atoms with van der Waals surface area (Å²) in [6.07, 6.45) is 0.999. The number of hydrogen-bond acceptors (Lipinski definition) is 3. The van der Waals surface area contributed by atoms with Crippen molar-refractivity contribution >= 4 is 38.8 Å². The molecule has 0 fully saturated rings. The van der Waals surface area contributed by atoms with Crippen molar-refractivity contribution in [2.24, 2.45) is 0 Å². The van der Waals surface area contributed by atoms with Crippen LogP contribution in [0.1, 0.15) is 16.8 Å². The van der Waals surface area contributed by atoms with Gasteiger partial charge in [-0.25, -0.2) is 8.42 Å².